The third-order valence-electron chi connectivity index (χ3n) is 8.06. The Bertz CT molecular complexity index is 1790. The van der Waals surface area contributed by atoms with Crippen molar-refractivity contribution in [3.05, 3.63) is 138 Å². The van der Waals surface area contributed by atoms with Gasteiger partial charge >= 0.3 is 0 Å². The van der Waals surface area contributed by atoms with Crippen LogP contribution in [0, 0.1) is 0 Å². The van der Waals surface area contributed by atoms with Crippen LogP contribution >= 0.6 is 11.6 Å². The van der Waals surface area contributed by atoms with E-state index in [2.05, 4.69) is 139 Å². The highest BCUT2D eigenvalue weighted by molar-refractivity contribution is 7.05. The molecule has 39 heavy (non-hydrogen) atoms. The Labute approximate surface area is 236 Å². The first-order chi connectivity index (χ1) is 19.0. The topological polar surface area (TPSA) is 3.24 Å². The molecule has 0 saturated carbocycles. The molecule has 0 aliphatic carbocycles. The molecule has 0 radical (unpaired) electrons. The first kappa shape index (κ1) is 24.0. The average Bonchev–Trinajstić information content (AvgIpc) is 3.21. The van der Waals surface area contributed by atoms with Gasteiger partial charge in [0.2, 0.25) is 0 Å². The van der Waals surface area contributed by atoms with E-state index < -0.39 is 8.07 Å². The molecule has 7 rings (SSSR count). The fourth-order valence-electron chi connectivity index (χ4n) is 6.29. The number of benzene rings is 6. The summed E-state index contributed by atoms with van der Waals surface area (Å²) in [6, 6.07) is 48.0. The molecule has 1 aliphatic rings. The molecule has 0 N–H and O–H groups in total. The third-order valence-corrected chi connectivity index (χ3v) is 11.9. The Morgan fingerprint density at radius 1 is 0.564 bits per heavy atom. The van der Waals surface area contributed by atoms with Gasteiger partial charge in [0, 0.05) is 22.1 Å². The van der Waals surface area contributed by atoms with Crippen molar-refractivity contribution in [2.24, 2.45) is 0 Å². The van der Waals surface area contributed by atoms with Crippen LogP contribution in [0.4, 0.5) is 17.1 Å². The minimum Gasteiger partial charge on any atom is -0.310 e. The van der Waals surface area contributed by atoms with Crippen molar-refractivity contribution in [3.8, 4) is 22.3 Å². The minimum absolute atomic E-state index is 0.766. The first-order valence-electron chi connectivity index (χ1n) is 13.4. The maximum atomic E-state index is 6.29. The second kappa shape index (κ2) is 9.27. The third kappa shape index (κ3) is 3.91. The van der Waals surface area contributed by atoms with E-state index in [9.17, 15) is 0 Å². The zero-order valence-electron chi connectivity index (χ0n) is 22.0. The van der Waals surface area contributed by atoms with Gasteiger partial charge in [0.1, 0.15) is 8.07 Å². The van der Waals surface area contributed by atoms with Gasteiger partial charge in [-0.2, -0.15) is 0 Å². The number of halogens is 1. The van der Waals surface area contributed by atoms with Crippen molar-refractivity contribution in [1.82, 2.24) is 0 Å². The van der Waals surface area contributed by atoms with Crippen LogP contribution in [0.2, 0.25) is 18.1 Å². The van der Waals surface area contributed by atoms with E-state index in [-0.39, 0.29) is 0 Å². The lowest BCUT2D eigenvalue weighted by Gasteiger charge is -2.26. The van der Waals surface area contributed by atoms with Crippen LogP contribution in [-0.4, -0.2) is 8.07 Å². The Morgan fingerprint density at radius 2 is 1.18 bits per heavy atom. The maximum Gasteiger partial charge on any atom is 0.114 e. The second-order valence-electron chi connectivity index (χ2n) is 10.8. The summed E-state index contributed by atoms with van der Waals surface area (Å²) in [5, 5.41) is 6.37. The quantitative estimate of drug-likeness (QED) is 0.202. The van der Waals surface area contributed by atoms with Gasteiger partial charge in [-0.15, -0.1) is 0 Å². The lowest BCUT2D eigenvalue weighted by atomic mass is 9.92. The van der Waals surface area contributed by atoms with Crippen molar-refractivity contribution in [2.75, 3.05) is 4.90 Å². The predicted octanol–water partition coefficient (Wildman–Crippen LogP) is 9.43. The van der Waals surface area contributed by atoms with Gasteiger partial charge in [0.15, 0.2) is 0 Å². The van der Waals surface area contributed by atoms with Crippen LogP contribution in [0.3, 0.4) is 0 Å². The van der Waals surface area contributed by atoms with Gasteiger partial charge < -0.3 is 4.90 Å². The molecule has 0 atom stereocenters. The zero-order valence-corrected chi connectivity index (χ0v) is 23.8. The van der Waals surface area contributed by atoms with E-state index in [0.29, 0.717) is 0 Å². The molecular weight excluding hydrogens is 510 g/mol. The summed E-state index contributed by atoms with van der Waals surface area (Å²) in [4.78, 5) is 2.36. The van der Waals surface area contributed by atoms with Gasteiger partial charge in [-0.3, -0.25) is 0 Å². The van der Waals surface area contributed by atoms with E-state index >= 15 is 0 Å². The number of rotatable bonds is 4. The van der Waals surface area contributed by atoms with E-state index in [4.69, 9.17) is 11.6 Å². The SMILES string of the molecule is C[Si]1(C)c2ccc(N(c3ccccc3)c3ccccc3)cc2-c2c1c(-c1ccc(Cl)cc1)cc1ccccc21. The molecule has 3 heteroatoms. The molecule has 0 amide bonds. The molecular formula is C36H28ClNSi. The highest BCUT2D eigenvalue weighted by Crippen LogP contribution is 2.42. The normalized spacial score (nSPS) is 13.2. The average molecular weight is 538 g/mol. The van der Waals surface area contributed by atoms with Crippen molar-refractivity contribution < 1.29 is 0 Å². The summed E-state index contributed by atoms with van der Waals surface area (Å²) in [6.07, 6.45) is 0. The zero-order chi connectivity index (χ0) is 26.6. The summed E-state index contributed by atoms with van der Waals surface area (Å²) < 4.78 is 0. The summed E-state index contributed by atoms with van der Waals surface area (Å²) in [5.74, 6) is 0. The molecule has 0 unspecified atom stereocenters. The van der Waals surface area contributed by atoms with E-state index in [1.807, 2.05) is 12.1 Å². The molecule has 6 aromatic carbocycles. The number of para-hydroxylation sites is 2. The number of fused-ring (bicyclic) bond motifs is 5. The summed E-state index contributed by atoms with van der Waals surface area (Å²) >= 11 is 6.29. The fraction of sp³-hybridized carbons (Fsp3) is 0.0556. The van der Waals surface area contributed by atoms with Crippen LogP contribution < -0.4 is 15.3 Å². The monoisotopic (exact) mass is 537 g/mol. The summed E-state index contributed by atoms with van der Waals surface area (Å²) in [6.45, 7) is 5.00. The largest absolute Gasteiger partial charge is 0.310 e. The highest BCUT2D eigenvalue weighted by atomic mass is 35.5. The molecule has 1 aliphatic heterocycles. The molecule has 0 bridgehead atoms. The van der Waals surface area contributed by atoms with Crippen molar-refractivity contribution >= 4 is 57.9 Å². The Morgan fingerprint density at radius 3 is 1.85 bits per heavy atom. The van der Waals surface area contributed by atoms with E-state index in [1.165, 1.54) is 49.1 Å². The molecule has 1 nitrogen and oxygen atoms in total. The number of hydrogen-bond acceptors (Lipinski definition) is 1. The van der Waals surface area contributed by atoms with Crippen molar-refractivity contribution in [3.63, 3.8) is 0 Å². The maximum absolute atomic E-state index is 6.29. The van der Waals surface area contributed by atoms with E-state index in [0.717, 1.165) is 16.4 Å². The molecule has 0 aromatic heterocycles. The number of nitrogens with zero attached hydrogens (tertiary/aromatic N) is 1. The smallest absolute Gasteiger partial charge is 0.114 e. The molecule has 6 aromatic rings. The fourth-order valence-corrected chi connectivity index (χ4v) is 9.84. The Hall–Kier alpha value is -4.11. The Balaban J connectivity index is 1.52. The van der Waals surface area contributed by atoms with Gasteiger partial charge in [0.05, 0.1) is 0 Å². The lowest BCUT2D eigenvalue weighted by Crippen LogP contribution is -2.50. The lowest BCUT2D eigenvalue weighted by molar-refractivity contribution is 1.29. The standard InChI is InChI=1S/C36H28ClNSi/c1-39(2)34-22-21-30(38(28-12-5-3-6-13-28)29-14-7-4-8-15-29)24-33(34)35-31-16-10-9-11-26(31)23-32(36(35)39)25-17-19-27(37)20-18-25/h3-24H,1-2H3. The minimum atomic E-state index is -2.01. The van der Waals surface area contributed by atoms with Crippen LogP contribution in [0.15, 0.2) is 133 Å². The molecule has 0 spiro atoms. The van der Waals surface area contributed by atoms with Crippen LogP contribution in [0.5, 0.6) is 0 Å². The number of hydrogen-bond donors (Lipinski definition) is 0. The van der Waals surface area contributed by atoms with E-state index in [1.54, 1.807) is 0 Å². The van der Waals surface area contributed by atoms with Gasteiger partial charge in [0.25, 0.3) is 0 Å². The van der Waals surface area contributed by atoms with Gasteiger partial charge in [-0.25, -0.2) is 0 Å². The van der Waals surface area contributed by atoms with Gasteiger partial charge in [-0.05, 0) is 98.0 Å². The van der Waals surface area contributed by atoms with Crippen LogP contribution in [-0.2, 0) is 0 Å². The second-order valence-corrected chi connectivity index (χ2v) is 15.5. The van der Waals surface area contributed by atoms with Crippen molar-refractivity contribution in [2.45, 2.75) is 13.1 Å². The first-order valence-corrected chi connectivity index (χ1v) is 16.8. The predicted molar refractivity (Wildman–Crippen MR) is 171 cm³/mol. The molecule has 0 fully saturated rings. The van der Waals surface area contributed by atoms with Crippen LogP contribution in [0.25, 0.3) is 33.0 Å². The molecule has 0 saturated heterocycles. The summed E-state index contributed by atoms with van der Waals surface area (Å²) in [7, 11) is -2.01. The highest BCUT2D eigenvalue weighted by Gasteiger charge is 2.41. The molecule has 188 valence electrons. The van der Waals surface area contributed by atoms with Gasteiger partial charge in [-0.1, -0.05) is 104 Å². The molecule has 1 heterocycles. The van der Waals surface area contributed by atoms with Crippen LogP contribution in [0.1, 0.15) is 0 Å². The Kier molecular flexibility index (Phi) is 5.69. The summed E-state index contributed by atoms with van der Waals surface area (Å²) in [5.41, 5.74) is 8.79. The van der Waals surface area contributed by atoms with Crippen molar-refractivity contribution in [1.29, 1.82) is 0 Å². The number of anilines is 3.